The smallest absolute Gasteiger partial charge is 0.411 e. The van der Waals surface area contributed by atoms with Crippen LogP contribution in [0.15, 0.2) is 60.7 Å². The van der Waals surface area contributed by atoms with Crippen LogP contribution >= 0.6 is 0 Å². The third kappa shape index (κ3) is 5.27. The number of aliphatic carboxylic acids is 1. The Bertz CT molecular complexity index is 973. The molecule has 1 N–H and O–H groups in total. The highest BCUT2D eigenvalue weighted by Crippen LogP contribution is 2.40. The zero-order valence-electron chi connectivity index (χ0n) is 19.2. The maximum atomic E-state index is 13.0. The van der Waals surface area contributed by atoms with E-state index in [9.17, 15) is 19.5 Å². The summed E-state index contributed by atoms with van der Waals surface area (Å²) in [4.78, 5) is 41.0. The molecule has 0 radical (unpaired) electrons. The first-order valence-electron chi connectivity index (χ1n) is 10.8. The highest BCUT2D eigenvalue weighted by molar-refractivity contribution is 5.87. The average molecular weight is 455 g/mol. The van der Waals surface area contributed by atoms with Gasteiger partial charge in [-0.1, -0.05) is 81.4 Å². The van der Waals surface area contributed by atoms with Crippen molar-refractivity contribution in [1.29, 1.82) is 0 Å². The Hall–Kier alpha value is -3.55. The van der Waals surface area contributed by atoms with E-state index in [1.807, 2.05) is 60.7 Å². The minimum Gasteiger partial charge on any atom is -0.479 e. The lowest BCUT2D eigenvalue weighted by Gasteiger charge is -2.53. The second-order valence-corrected chi connectivity index (χ2v) is 9.07. The quantitative estimate of drug-likeness (QED) is 0.729. The van der Waals surface area contributed by atoms with Crippen molar-refractivity contribution in [3.05, 3.63) is 71.8 Å². The van der Waals surface area contributed by atoms with Crippen LogP contribution in [-0.4, -0.2) is 58.2 Å². The molecule has 0 unspecified atom stereocenters. The van der Waals surface area contributed by atoms with Crippen LogP contribution in [0.4, 0.5) is 9.59 Å². The van der Waals surface area contributed by atoms with Crippen LogP contribution in [0.3, 0.4) is 0 Å². The highest BCUT2D eigenvalue weighted by atomic mass is 16.6. The summed E-state index contributed by atoms with van der Waals surface area (Å²) in [7, 11) is 0. The van der Waals surface area contributed by atoms with Crippen molar-refractivity contribution >= 4 is 18.2 Å². The van der Waals surface area contributed by atoms with E-state index < -0.39 is 29.1 Å². The van der Waals surface area contributed by atoms with Gasteiger partial charge in [0.15, 0.2) is 5.54 Å². The van der Waals surface area contributed by atoms with E-state index in [2.05, 4.69) is 0 Å². The first kappa shape index (κ1) is 24.1. The minimum absolute atomic E-state index is 0.0115. The van der Waals surface area contributed by atoms with Crippen molar-refractivity contribution < 1.29 is 29.0 Å². The summed E-state index contributed by atoms with van der Waals surface area (Å²) in [5.41, 5.74) is -0.965. The van der Waals surface area contributed by atoms with E-state index in [0.29, 0.717) is 0 Å². The molecule has 0 aliphatic carbocycles. The van der Waals surface area contributed by atoms with Crippen molar-refractivity contribution in [2.45, 2.75) is 39.5 Å². The number of carbonyl (C=O) groups is 3. The average Bonchev–Trinajstić information content (AvgIpc) is 2.81. The van der Waals surface area contributed by atoms with Gasteiger partial charge >= 0.3 is 18.2 Å². The zero-order chi connectivity index (χ0) is 24.1. The van der Waals surface area contributed by atoms with Crippen LogP contribution in [0.5, 0.6) is 0 Å². The summed E-state index contributed by atoms with van der Waals surface area (Å²) in [5, 5.41) is 10.3. The van der Waals surface area contributed by atoms with Crippen molar-refractivity contribution in [3.63, 3.8) is 0 Å². The summed E-state index contributed by atoms with van der Waals surface area (Å²) in [5.74, 6) is -1.20. The van der Waals surface area contributed by atoms with Crippen molar-refractivity contribution in [2.75, 3.05) is 19.6 Å². The van der Waals surface area contributed by atoms with Crippen LogP contribution in [0.25, 0.3) is 0 Å². The molecule has 3 rings (SSSR count). The first-order valence-corrected chi connectivity index (χ1v) is 10.8. The Morgan fingerprint density at radius 2 is 1.33 bits per heavy atom. The fraction of sp³-hybridized carbons (Fsp3) is 0.400. The predicted molar refractivity (Wildman–Crippen MR) is 121 cm³/mol. The number of carbonyl (C=O) groups excluding carboxylic acids is 2. The second kappa shape index (κ2) is 9.94. The number of amides is 2. The second-order valence-electron chi connectivity index (χ2n) is 9.07. The molecule has 176 valence electrons. The molecule has 2 aromatic rings. The third-order valence-electron chi connectivity index (χ3n) is 5.96. The molecular formula is C25H30N2O6. The van der Waals surface area contributed by atoms with E-state index in [-0.39, 0.29) is 32.8 Å². The maximum absolute atomic E-state index is 13.0. The normalized spacial score (nSPS) is 18.5. The molecule has 1 heterocycles. The van der Waals surface area contributed by atoms with Gasteiger partial charge in [0, 0.05) is 13.1 Å². The van der Waals surface area contributed by atoms with Gasteiger partial charge in [0.1, 0.15) is 13.2 Å². The number of carboxylic acids is 1. The fourth-order valence-corrected chi connectivity index (χ4v) is 4.01. The summed E-state index contributed by atoms with van der Waals surface area (Å²) >= 11 is 0. The number of piperazine rings is 1. The van der Waals surface area contributed by atoms with Crippen LogP contribution in [0.1, 0.15) is 31.9 Å². The molecular weight excluding hydrogens is 424 g/mol. The molecule has 0 aromatic heterocycles. The van der Waals surface area contributed by atoms with E-state index >= 15 is 0 Å². The number of ether oxygens (including phenoxy) is 2. The van der Waals surface area contributed by atoms with Gasteiger partial charge < -0.3 is 19.5 Å². The minimum atomic E-state index is -1.69. The van der Waals surface area contributed by atoms with Crippen LogP contribution < -0.4 is 0 Å². The maximum Gasteiger partial charge on any atom is 0.411 e. The Morgan fingerprint density at radius 3 is 1.79 bits per heavy atom. The summed E-state index contributed by atoms with van der Waals surface area (Å²) in [6.45, 7) is 5.25. The Kier molecular flexibility index (Phi) is 7.26. The molecule has 1 saturated heterocycles. The lowest BCUT2D eigenvalue weighted by molar-refractivity contribution is -0.164. The van der Waals surface area contributed by atoms with Crippen molar-refractivity contribution in [2.24, 2.45) is 5.41 Å². The van der Waals surface area contributed by atoms with E-state index in [1.165, 1.54) is 9.80 Å². The van der Waals surface area contributed by atoms with E-state index in [1.54, 1.807) is 20.8 Å². The number of carboxylic acid groups (broad SMARTS) is 1. The van der Waals surface area contributed by atoms with Crippen molar-refractivity contribution in [1.82, 2.24) is 9.80 Å². The van der Waals surface area contributed by atoms with Crippen LogP contribution in [0.2, 0.25) is 0 Å². The highest BCUT2D eigenvalue weighted by Gasteiger charge is 2.59. The Balaban J connectivity index is 1.77. The van der Waals surface area contributed by atoms with Gasteiger partial charge in [0.05, 0.1) is 6.54 Å². The van der Waals surface area contributed by atoms with E-state index in [0.717, 1.165) is 11.1 Å². The molecule has 1 aliphatic rings. The van der Waals surface area contributed by atoms with Gasteiger partial charge in [-0.15, -0.1) is 0 Å². The van der Waals surface area contributed by atoms with Gasteiger partial charge in [0.2, 0.25) is 0 Å². The molecule has 2 amide bonds. The molecule has 1 fully saturated rings. The van der Waals surface area contributed by atoms with Gasteiger partial charge in [-0.2, -0.15) is 0 Å². The lowest BCUT2D eigenvalue weighted by Crippen LogP contribution is -2.73. The molecule has 1 atom stereocenters. The summed E-state index contributed by atoms with van der Waals surface area (Å²) in [6.07, 6.45) is -1.35. The molecule has 33 heavy (non-hydrogen) atoms. The molecule has 2 aromatic carbocycles. The topological polar surface area (TPSA) is 96.4 Å². The SMILES string of the molecule is CC(C)(C)[C@]1(C(=O)O)CN(C(=O)OCc2ccccc2)CCN1C(=O)OCc1ccccc1. The predicted octanol–water partition coefficient (Wildman–Crippen LogP) is 4.15. The summed E-state index contributed by atoms with van der Waals surface area (Å²) in [6, 6.07) is 18.4. The molecule has 8 nitrogen and oxygen atoms in total. The van der Waals surface area contributed by atoms with Gasteiger partial charge in [-0.05, 0) is 16.5 Å². The molecule has 0 saturated carbocycles. The Labute approximate surface area is 193 Å². The number of nitrogens with zero attached hydrogens (tertiary/aromatic N) is 2. The molecule has 0 spiro atoms. The number of hydrogen-bond donors (Lipinski definition) is 1. The molecule has 8 heteroatoms. The third-order valence-corrected chi connectivity index (χ3v) is 5.96. The van der Waals surface area contributed by atoms with Gasteiger partial charge in [-0.25, -0.2) is 14.4 Å². The molecule has 1 aliphatic heterocycles. The standard InChI is InChI=1S/C25H30N2O6/c1-24(2,3)25(21(28)29)18-26(22(30)32-16-19-10-6-4-7-11-19)14-15-27(25)23(31)33-17-20-12-8-5-9-13-20/h4-13H,14-18H2,1-3H3,(H,28,29)/t25-/m1/s1. The lowest BCUT2D eigenvalue weighted by atomic mass is 9.71. The van der Waals surface area contributed by atoms with E-state index in [4.69, 9.17) is 9.47 Å². The molecule has 0 bridgehead atoms. The monoisotopic (exact) mass is 454 g/mol. The Morgan fingerprint density at radius 1 is 0.848 bits per heavy atom. The number of rotatable bonds is 5. The van der Waals surface area contributed by atoms with Crippen molar-refractivity contribution in [3.8, 4) is 0 Å². The van der Waals surface area contributed by atoms with Gasteiger partial charge in [0.25, 0.3) is 0 Å². The number of hydrogen-bond acceptors (Lipinski definition) is 5. The van der Waals surface area contributed by atoms with Gasteiger partial charge in [-0.3, -0.25) is 4.90 Å². The van der Waals surface area contributed by atoms with Crippen LogP contribution in [0, 0.1) is 5.41 Å². The van der Waals surface area contributed by atoms with Crippen LogP contribution in [-0.2, 0) is 27.5 Å². The fourth-order valence-electron chi connectivity index (χ4n) is 4.01. The zero-order valence-corrected chi connectivity index (χ0v) is 19.2. The largest absolute Gasteiger partial charge is 0.479 e. The summed E-state index contributed by atoms with van der Waals surface area (Å²) < 4.78 is 10.9. The first-order chi connectivity index (χ1) is 15.6. The number of benzene rings is 2.